The Morgan fingerprint density at radius 1 is 1.36 bits per heavy atom. The van der Waals surface area contributed by atoms with Crippen LogP contribution in [0.3, 0.4) is 0 Å². The summed E-state index contributed by atoms with van der Waals surface area (Å²) in [6.45, 7) is 3.14. The first-order valence-electron chi connectivity index (χ1n) is 7.97. The van der Waals surface area contributed by atoms with Crippen molar-refractivity contribution in [2.75, 3.05) is 31.2 Å². The standard InChI is InChI=1S/C18H18N4O3/c19-11-15(18(23)21-13-14-2-1-5-20-12-14)10-16-3-4-17(25-16)22-6-8-24-9-7-22/h1-5,10,12H,6-9,13H2,(H,21,23)/b15-10-. The van der Waals surface area contributed by atoms with E-state index in [0.29, 0.717) is 31.4 Å². The van der Waals surface area contributed by atoms with Crippen molar-refractivity contribution in [3.63, 3.8) is 0 Å². The molecular weight excluding hydrogens is 320 g/mol. The van der Waals surface area contributed by atoms with Gasteiger partial charge in [0, 0.05) is 44.2 Å². The number of morpholine rings is 1. The Balaban J connectivity index is 1.64. The second-order valence-electron chi connectivity index (χ2n) is 5.49. The zero-order valence-electron chi connectivity index (χ0n) is 13.6. The molecule has 1 N–H and O–H groups in total. The molecule has 1 aliphatic heterocycles. The normalized spacial score (nSPS) is 14.8. The van der Waals surface area contributed by atoms with Gasteiger partial charge in [0.05, 0.1) is 13.2 Å². The van der Waals surface area contributed by atoms with Crippen molar-refractivity contribution in [3.05, 3.63) is 53.6 Å². The fraction of sp³-hybridized carbons (Fsp3) is 0.278. The minimum absolute atomic E-state index is 0.00762. The van der Waals surface area contributed by atoms with E-state index in [0.717, 1.165) is 18.7 Å². The van der Waals surface area contributed by atoms with Gasteiger partial charge in [-0.1, -0.05) is 6.07 Å². The first-order chi connectivity index (χ1) is 12.3. The van der Waals surface area contributed by atoms with E-state index in [1.54, 1.807) is 24.5 Å². The maximum Gasteiger partial charge on any atom is 0.262 e. The molecule has 0 aromatic carbocycles. The van der Waals surface area contributed by atoms with Gasteiger partial charge in [0.2, 0.25) is 0 Å². The largest absolute Gasteiger partial charge is 0.441 e. The van der Waals surface area contributed by atoms with Crippen LogP contribution in [-0.2, 0) is 16.1 Å². The van der Waals surface area contributed by atoms with Gasteiger partial charge in [0.15, 0.2) is 5.88 Å². The van der Waals surface area contributed by atoms with Gasteiger partial charge in [-0.15, -0.1) is 0 Å². The second kappa shape index (κ2) is 8.13. The fourth-order valence-corrected chi connectivity index (χ4v) is 2.44. The van der Waals surface area contributed by atoms with Gasteiger partial charge in [-0.2, -0.15) is 5.26 Å². The van der Waals surface area contributed by atoms with Gasteiger partial charge >= 0.3 is 0 Å². The number of aromatic nitrogens is 1. The molecule has 128 valence electrons. The van der Waals surface area contributed by atoms with E-state index in [4.69, 9.17) is 9.15 Å². The maximum atomic E-state index is 12.2. The third-order valence-corrected chi connectivity index (χ3v) is 3.76. The van der Waals surface area contributed by atoms with E-state index in [1.165, 1.54) is 6.08 Å². The van der Waals surface area contributed by atoms with E-state index in [2.05, 4.69) is 15.2 Å². The summed E-state index contributed by atoms with van der Waals surface area (Å²) in [6, 6.07) is 9.14. The van der Waals surface area contributed by atoms with Gasteiger partial charge in [0.1, 0.15) is 17.4 Å². The molecule has 0 radical (unpaired) electrons. The number of hydrogen-bond donors (Lipinski definition) is 1. The smallest absolute Gasteiger partial charge is 0.262 e. The SMILES string of the molecule is N#C/C(=C/c1ccc(N2CCOCC2)o1)C(=O)NCc1cccnc1. The first-order valence-corrected chi connectivity index (χ1v) is 7.97. The molecular formula is C18H18N4O3. The Bertz CT molecular complexity index is 786. The molecule has 2 aromatic heterocycles. The van der Waals surface area contributed by atoms with Crippen molar-refractivity contribution in [2.45, 2.75) is 6.54 Å². The topological polar surface area (TPSA) is 91.4 Å². The molecule has 0 aliphatic carbocycles. The third-order valence-electron chi connectivity index (χ3n) is 3.76. The Labute approximate surface area is 145 Å². The number of ether oxygens (including phenoxy) is 1. The van der Waals surface area contributed by atoms with Crippen molar-refractivity contribution in [2.24, 2.45) is 0 Å². The first kappa shape index (κ1) is 16.7. The lowest BCUT2D eigenvalue weighted by Gasteiger charge is -2.26. The number of amides is 1. The molecule has 25 heavy (non-hydrogen) atoms. The maximum absolute atomic E-state index is 12.2. The minimum Gasteiger partial charge on any atom is -0.441 e. The number of nitrogens with zero attached hydrogens (tertiary/aromatic N) is 3. The molecule has 3 rings (SSSR count). The third kappa shape index (κ3) is 4.46. The van der Waals surface area contributed by atoms with E-state index in [-0.39, 0.29) is 5.57 Å². The minimum atomic E-state index is -0.448. The summed E-state index contributed by atoms with van der Waals surface area (Å²) in [5.74, 6) is 0.729. The second-order valence-corrected chi connectivity index (χ2v) is 5.49. The van der Waals surface area contributed by atoms with Crippen molar-refractivity contribution in [3.8, 4) is 6.07 Å². The number of nitriles is 1. The molecule has 0 bridgehead atoms. The van der Waals surface area contributed by atoms with Gasteiger partial charge in [-0.05, 0) is 17.7 Å². The van der Waals surface area contributed by atoms with Crippen molar-refractivity contribution < 1.29 is 13.9 Å². The van der Waals surface area contributed by atoms with Crippen LogP contribution in [0.2, 0.25) is 0 Å². The lowest BCUT2D eigenvalue weighted by Crippen LogP contribution is -2.35. The molecule has 0 unspecified atom stereocenters. The number of anilines is 1. The number of rotatable bonds is 5. The Morgan fingerprint density at radius 2 is 2.20 bits per heavy atom. The summed E-state index contributed by atoms with van der Waals surface area (Å²) in [5.41, 5.74) is 0.854. The Kier molecular flexibility index (Phi) is 5.44. The number of nitrogens with one attached hydrogen (secondary N) is 1. The Hall–Kier alpha value is -3.11. The van der Waals surface area contributed by atoms with Crippen LogP contribution in [0.4, 0.5) is 5.88 Å². The van der Waals surface area contributed by atoms with E-state index in [9.17, 15) is 10.1 Å². The van der Waals surface area contributed by atoms with E-state index >= 15 is 0 Å². The zero-order valence-corrected chi connectivity index (χ0v) is 13.6. The average Bonchev–Trinajstić information content (AvgIpc) is 3.14. The molecule has 7 heteroatoms. The molecule has 0 saturated carbocycles. The molecule has 1 saturated heterocycles. The van der Waals surface area contributed by atoms with Gasteiger partial charge in [-0.25, -0.2) is 0 Å². The van der Waals surface area contributed by atoms with Crippen molar-refractivity contribution in [1.82, 2.24) is 10.3 Å². The van der Waals surface area contributed by atoms with Crippen LogP contribution in [0.5, 0.6) is 0 Å². The molecule has 3 heterocycles. The molecule has 0 spiro atoms. The highest BCUT2D eigenvalue weighted by Crippen LogP contribution is 2.21. The summed E-state index contributed by atoms with van der Waals surface area (Å²) in [7, 11) is 0. The number of furan rings is 1. The lowest BCUT2D eigenvalue weighted by molar-refractivity contribution is -0.117. The van der Waals surface area contributed by atoms with Crippen LogP contribution >= 0.6 is 0 Å². The van der Waals surface area contributed by atoms with Crippen LogP contribution < -0.4 is 10.2 Å². The number of hydrogen-bond acceptors (Lipinski definition) is 6. The number of pyridine rings is 1. The average molecular weight is 338 g/mol. The number of carbonyl (C=O) groups is 1. The molecule has 2 aromatic rings. The van der Waals surface area contributed by atoms with E-state index < -0.39 is 5.91 Å². The zero-order chi connectivity index (χ0) is 17.5. The summed E-state index contributed by atoms with van der Waals surface area (Å²) >= 11 is 0. The summed E-state index contributed by atoms with van der Waals surface area (Å²) < 4.78 is 11.0. The molecule has 1 amide bonds. The predicted octanol–water partition coefficient (Wildman–Crippen LogP) is 1.73. The summed E-state index contributed by atoms with van der Waals surface area (Å²) in [4.78, 5) is 18.2. The molecule has 1 aliphatic rings. The van der Waals surface area contributed by atoms with E-state index in [1.807, 2.05) is 18.2 Å². The summed E-state index contributed by atoms with van der Waals surface area (Å²) in [6.07, 6.45) is 4.77. The van der Waals surface area contributed by atoms with Gasteiger partial charge in [0.25, 0.3) is 5.91 Å². The highest BCUT2D eigenvalue weighted by Gasteiger charge is 2.15. The van der Waals surface area contributed by atoms with Crippen LogP contribution in [0.1, 0.15) is 11.3 Å². The monoisotopic (exact) mass is 338 g/mol. The van der Waals surface area contributed by atoms with Crippen LogP contribution in [0, 0.1) is 11.3 Å². The van der Waals surface area contributed by atoms with Crippen molar-refractivity contribution in [1.29, 1.82) is 5.26 Å². The lowest BCUT2D eigenvalue weighted by atomic mass is 10.2. The highest BCUT2D eigenvalue weighted by molar-refractivity contribution is 6.01. The van der Waals surface area contributed by atoms with Gasteiger partial charge in [-0.3, -0.25) is 9.78 Å². The molecule has 1 fully saturated rings. The van der Waals surface area contributed by atoms with Crippen LogP contribution in [-0.4, -0.2) is 37.2 Å². The Morgan fingerprint density at radius 3 is 2.92 bits per heavy atom. The number of carbonyl (C=O) groups excluding carboxylic acids is 1. The predicted molar refractivity (Wildman–Crippen MR) is 91.4 cm³/mol. The van der Waals surface area contributed by atoms with Gasteiger partial charge < -0.3 is 19.4 Å². The van der Waals surface area contributed by atoms with Crippen LogP contribution in [0.15, 0.2) is 46.6 Å². The molecule has 7 nitrogen and oxygen atoms in total. The highest BCUT2D eigenvalue weighted by atomic mass is 16.5. The fourth-order valence-electron chi connectivity index (χ4n) is 2.44. The molecule has 0 atom stereocenters. The summed E-state index contributed by atoms with van der Waals surface area (Å²) in [5, 5.41) is 12.0. The van der Waals surface area contributed by atoms with Crippen molar-refractivity contribution >= 4 is 17.9 Å². The van der Waals surface area contributed by atoms with Crippen LogP contribution in [0.25, 0.3) is 6.08 Å². The quantitative estimate of drug-likeness (QED) is 0.659.